The number of hydrogen-bond donors (Lipinski definition) is 0. The van der Waals surface area contributed by atoms with Crippen molar-refractivity contribution in [1.82, 2.24) is 0 Å². The van der Waals surface area contributed by atoms with Crippen LogP contribution in [-0.4, -0.2) is 33.1 Å². The SMILES string of the molecule is COCC/C=C/COc1ccc2c(c1)/C(=N\OC)c1ccccc1-2. The Morgan fingerprint density at radius 3 is 2.50 bits per heavy atom. The normalized spacial score (nSPS) is 14.0. The summed E-state index contributed by atoms with van der Waals surface area (Å²) in [6.45, 7) is 1.26. The Morgan fingerprint density at radius 1 is 0.917 bits per heavy atom. The van der Waals surface area contributed by atoms with Gasteiger partial charge in [0.1, 0.15) is 25.2 Å². The van der Waals surface area contributed by atoms with Gasteiger partial charge in [-0.15, -0.1) is 0 Å². The van der Waals surface area contributed by atoms with Gasteiger partial charge in [0.2, 0.25) is 0 Å². The molecule has 4 heteroatoms. The van der Waals surface area contributed by atoms with Crippen LogP contribution in [0.1, 0.15) is 17.5 Å². The van der Waals surface area contributed by atoms with Crippen molar-refractivity contribution in [2.45, 2.75) is 6.42 Å². The summed E-state index contributed by atoms with van der Waals surface area (Å²) in [6, 6.07) is 14.3. The second kappa shape index (κ2) is 7.79. The molecule has 1 aliphatic carbocycles. The average molecular weight is 323 g/mol. The van der Waals surface area contributed by atoms with Gasteiger partial charge in [0, 0.05) is 24.8 Å². The Hall–Kier alpha value is -2.59. The van der Waals surface area contributed by atoms with E-state index in [9.17, 15) is 0 Å². The maximum Gasteiger partial charge on any atom is 0.120 e. The predicted molar refractivity (Wildman–Crippen MR) is 95.7 cm³/mol. The molecule has 1 aliphatic rings. The van der Waals surface area contributed by atoms with Gasteiger partial charge in [-0.05, 0) is 35.7 Å². The number of methoxy groups -OCH3 is 1. The van der Waals surface area contributed by atoms with Crippen LogP contribution in [0.2, 0.25) is 0 Å². The molecule has 0 radical (unpaired) electrons. The van der Waals surface area contributed by atoms with E-state index >= 15 is 0 Å². The maximum absolute atomic E-state index is 5.81. The van der Waals surface area contributed by atoms with Crippen LogP contribution in [0, 0.1) is 0 Å². The molecule has 0 aromatic heterocycles. The Kier molecular flexibility index (Phi) is 5.29. The van der Waals surface area contributed by atoms with Crippen molar-refractivity contribution in [2.75, 3.05) is 27.4 Å². The Labute approximate surface area is 142 Å². The number of nitrogens with zero attached hydrogens (tertiary/aromatic N) is 1. The molecule has 0 unspecified atom stereocenters. The fourth-order valence-corrected chi connectivity index (χ4v) is 2.82. The molecule has 3 rings (SSSR count). The summed E-state index contributed by atoms with van der Waals surface area (Å²) >= 11 is 0. The molecule has 0 fully saturated rings. The van der Waals surface area contributed by atoms with E-state index in [1.165, 1.54) is 5.56 Å². The van der Waals surface area contributed by atoms with Gasteiger partial charge in [0.05, 0.1) is 0 Å². The molecule has 124 valence electrons. The number of hydrogen-bond acceptors (Lipinski definition) is 4. The van der Waals surface area contributed by atoms with E-state index in [1.54, 1.807) is 14.2 Å². The molecule has 0 N–H and O–H groups in total. The predicted octanol–water partition coefficient (Wildman–Crippen LogP) is 4.04. The average Bonchev–Trinajstić information content (AvgIpc) is 2.92. The third-order valence-electron chi connectivity index (χ3n) is 3.90. The first kappa shape index (κ1) is 16.3. The smallest absolute Gasteiger partial charge is 0.120 e. The van der Waals surface area contributed by atoms with Crippen LogP contribution >= 0.6 is 0 Å². The summed E-state index contributed by atoms with van der Waals surface area (Å²) in [7, 11) is 3.27. The minimum atomic E-state index is 0.534. The highest BCUT2D eigenvalue weighted by atomic mass is 16.6. The zero-order valence-corrected chi connectivity index (χ0v) is 14.0. The van der Waals surface area contributed by atoms with Crippen molar-refractivity contribution < 1.29 is 14.3 Å². The molecule has 2 aromatic carbocycles. The van der Waals surface area contributed by atoms with E-state index in [1.807, 2.05) is 30.3 Å². The molecule has 0 heterocycles. The van der Waals surface area contributed by atoms with Crippen molar-refractivity contribution in [3.05, 3.63) is 65.7 Å². The van der Waals surface area contributed by atoms with Crippen LogP contribution in [0.25, 0.3) is 11.1 Å². The second-order valence-corrected chi connectivity index (χ2v) is 5.44. The van der Waals surface area contributed by atoms with Crippen LogP contribution in [0.5, 0.6) is 5.75 Å². The van der Waals surface area contributed by atoms with Crippen LogP contribution in [0.3, 0.4) is 0 Å². The van der Waals surface area contributed by atoms with Gasteiger partial charge in [-0.3, -0.25) is 0 Å². The number of ether oxygens (including phenoxy) is 2. The van der Waals surface area contributed by atoms with Crippen molar-refractivity contribution in [1.29, 1.82) is 0 Å². The Morgan fingerprint density at radius 2 is 1.71 bits per heavy atom. The van der Waals surface area contributed by atoms with Crippen molar-refractivity contribution >= 4 is 5.71 Å². The maximum atomic E-state index is 5.81. The van der Waals surface area contributed by atoms with E-state index in [0.717, 1.165) is 41.2 Å². The van der Waals surface area contributed by atoms with Gasteiger partial charge < -0.3 is 14.3 Å². The van der Waals surface area contributed by atoms with Crippen LogP contribution < -0.4 is 4.74 Å². The molecule has 0 saturated heterocycles. The lowest BCUT2D eigenvalue weighted by atomic mass is 10.1. The van der Waals surface area contributed by atoms with Gasteiger partial charge in [0.15, 0.2) is 0 Å². The van der Waals surface area contributed by atoms with Gasteiger partial charge in [-0.1, -0.05) is 41.6 Å². The molecule has 0 atom stereocenters. The summed E-state index contributed by atoms with van der Waals surface area (Å²) in [5, 5.41) is 4.21. The minimum absolute atomic E-state index is 0.534. The Balaban J connectivity index is 1.79. The molecule has 0 aliphatic heterocycles. The lowest BCUT2D eigenvalue weighted by molar-refractivity contribution is 0.204. The fraction of sp³-hybridized carbons (Fsp3) is 0.250. The first-order valence-corrected chi connectivity index (χ1v) is 7.97. The molecular weight excluding hydrogens is 302 g/mol. The monoisotopic (exact) mass is 323 g/mol. The highest BCUT2D eigenvalue weighted by molar-refractivity contribution is 6.24. The number of benzene rings is 2. The van der Waals surface area contributed by atoms with Crippen molar-refractivity contribution in [3.8, 4) is 16.9 Å². The molecule has 0 saturated carbocycles. The standard InChI is InChI=1S/C20H21NO3/c1-22-12-6-3-7-13-24-15-10-11-17-16-8-4-5-9-18(16)20(21-23-2)19(17)14-15/h3-5,7-11,14H,6,12-13H2,1-2H3/b7-3+,21-20-. The molecule has 0 amide bonds. The fourth-order valence-electron chi connectivity index (χ4n) is 2.82. The molecule has 0 bridgehead atoms. The zero-order chi connectivity index (χ0) is 16.8. The summed E-state index contributed by atoms with van der Waals surface area (Å²) in [4.78, 5) is 5.04. The van der Waals surface area contributed by atoms with E-state index in [-0.39, 0.29) is 0 Å². The van der Waals surface area contributed by atoms with Crippen LogP contribution in [0.15, 0.2) is 59.8 Å². The van der Waals surface area contributed by atoms with Gasteiger partial charge in [0.25, 0.3) is 0 Å². The largest absolute Gasteiger partial charge is 0.490 e. The highest BCUT2D eigenvalue weighted by Crippen LogP contribution is 2.38. The minimum Gasteiger partial charge on any atom is -0.490 e. The second-order valence-electron chi connectivity index (χ2n) is 5.44. The van der Waals surface area contributed by atoms with Crippen LogP contribution in [-0.2, 0) is 9.57 Å². The van der Waals surface area contributed by atoms with E-state index in [2.05, 4.69) is 29.4 Å². The summed E-state index contributed by atoms with van der Waals surface area (Å²) in [5.74, 6) is 0.821. The van der Waals surface area contributed by atoms with E-state index < -0.39 is 0 Å². The van der Waals surface area contributed by atoms with E-state index in [0.29, 0.717) is 6.61 Å². The van der Waals surface area contributed by atoms with Crippen molar-refractivity contribution in [3.63, 3.8) is 0 Å². The summed E-state index contributed by atoms with van der Waals surface area (Å²) < 4.78 is 10.8. The third-order valence-corrected chi connectivity index (χ3v) is 3.90. The number of oxime groups is 1. The first-order valence-electron chi connectivity index (χ1n) is 7.97. The lowest BCUT2D eigenvalue weighted by Crippen LogP contribution is -2.00. The number of fused-ring (bicyclic) bond motifs is 3. The van der Waals surface area contributed by atoms with E-state index in [4.69, 9.17) is 14.3 Å². The Bertz CT molecular complexity index is 765. The van der Waals surface area contributed by atoms with Crippen molar-refractivity contribution in [2.24, 2.45) is 5.16 Å². The summed E-state index contributed by atoms with van der Waals surface area (Å²) in [5.41, 5.74) is 5.31. The highest BCUT2D eigenvalue weighted by Gasteiger charge is 2.25. The molecule has 24 heavy (non-hydrogen) atoms. The third kappa shape index (κ3) is 3.34. The molecular formula is C20H21NO3. The zero-order valence-electron chi connectivity index (χ0n) is 14.0. The topological polar surface area (TPSA) is 40.0 Å². The summed E-state index contributed by atoms with van der Waals surface area (Å²) in [6.07, 6.45) is 4.96. The first-order chi connectivity index (χ1) is 11.8. The van der Waals surface area contributed by atoms with Gasteiger partial charge in [-0.2, -0.15) is 0 Å². The van der Waals surface area contributed by atoms with Gasteiger partial charge >= 0.3 is 0 Å². The van der Waals surface area contributed by atoms with Crippen LogP contribution in [0.4, 0.5) is 0 Å². The molecule has 2 aromatic rings. The quantitative estimate of drug-likeness (QED) is 0.374. The molecule has 4 nitrogen and oxygen atoms in total. The number of rotatable bonds is 7. The van der Waals surface area contributed by atoms with Gasteiger partial charge in [-0.25, -0.2) is 0 Å². The molecule has 0 spiro atoms. The lowest BCUT2D eigenvalue weighted by Gasteiger charge is -2.06.